The topological polar surface area (TPSA) is 9.23 Å². The van der Waals surface area contributed by atoms with Crippen LogP contribution in [0, 0.1) is 0 Å². The number of ether oxygens (including phenoxy) is 1. The Balaban J connectivity index is 3.10. The van der Waals surface area contributed by atoms with Gasteiger partial charge in [-0.1, -0.05) is 71.1 Å². The van der Waals surface area contributed by atoms with E-state index in [2.05, 4.69) is 6.92 Å². The van der Waals surface area contributed by atoms with Gasteiger partial charge in [-0.25, -0.2) is 0 Å². The molecule has 0 heterocycles. The second kappa shape index (κ2) is 15.3. The lowest BCUT2D eigenvalue weighted by Gasteiger charge is -2.13. The van der Waals surface area contributed by atoms with Crippen molar-refractivity contribution in [3.63, 3.8) is 0 Å². The Morgan fingerprint density at radius 3 is 1.72 bits per heavy atom. The number of rotatable bonds is 14. The van der Waals surface area contributed by atoms with Gasteiger partial charge in [-0.05, 0) is 13.3 Å². The van der Waals surface area contributed by atoms with Crippen LogP contribution >= 0.6 is 11.6 Å². The predicted molar refractivity (Wildman–Crippen MR) is 82.6 cm³/mol. The maximum absolute atomic E-state index is 5.84. The van der Waals surface area contributed by atoms with E-state index in [9.17, 15) is 0 Å². The smallest absolute Gasteiger partial charge is 0.0710 e. The van der Waals surface area contributed by atoms with E-state index in [1.54, 1.807) is 0 Å². The van der Waals surface area contributed by atoms with Gasteiger partial charge in [0, 0.05) is 12.5 Å². The van der Waals surface area contributed by atoms with Crippen molar-refractivity contribution in [3.05, 3.63) is 0 Å². The molecule has 0 rings (SSSR count). The largest absolute Gasteiger partial charge is 0.377 e. The molecule has 0 aliphatic heterocycles. The highest BCUT2D eigenvalue weighted by molar-refractivity contribution is 6.18. The van der Waals surface area contributed by atoms with Crippen LogP contribution in [0.25, 0.3) is 0 Å². The molecule has 1 nitrogen and oxygen atoms in total. The van der Waals surface area contributed by atoms with Gasteiger partial charge in [0.05, 0.1) is 6.10 Å². The third-order valence-electron chi connectivity index (χ3n) is 3.45. The summed E-state index contributed by atoms with van der Waals surface area (Å²) in [6.07, 6.45) is 15.3. The molecule has 1 atom stereocenters. The molecule has 0 radical (unpaired) electrons. The molecule has 1 unspecified atom stereocenters. The van der Waals surface area contributed by atoms with Gasteiger partial charge in [0.25, 0.3) is 0 Å². The maximum Gasteiger partial charge on any atom is 0.0710 e. The number of hydrogen-bond acceptors (Lipinski definition) is 1. The third-order valence-corrected chi connectivity index (χ3v) is 3.80. The third kappa shape index (κ3) is 12.7. The van der Waals surface area contributed by atoms with Crippen LogP contribution in [0.1, 0.15) is 84.5 Å². The molecule has 0 spiro atoms. The minimum atomic E-state index is 0.283. The summed E-state index contributed by atoms with van der Waals surface area (Å²) < 4.78 is 5.54. The van der Waals surface area contributed by atoms with Crippen molar-refractivity contribution in [1.82, 2.24) is 0 Å². The Kier molecular flexibility index (Phi) is 15.5. The molecule has 18 heavy (non-hydrogen) atoms. The zero-order chi connectivity index (χ0) is 13.5. The van der Waals surface area contributed by atoms with E-state index in [0.717, 1.165) is 13.0 Å². The average molecular weight is 277 g/mol. The molecule has 0 N–H and O–H groups in total. The Morgan fingerprint density at radius 2 is 1.28 bits per heavy atom. The summed E-state index contributed by atoms with van der Waals surface area (Å²) in [4.78, 5) is 0. The number of unbranched alkanes of at least 4 members (excludes halogenated alkanes) is 9. The van der Waals surface area contributed by atoms with E-state index in [-0.39, 0.29) is 6.10 Å². The quantitative estimate of drug-likeness (QED) is 0.282. The Morgan fingerprint density at radius 1 is 0.778 bits per heavy atom. The molecule has 0 aromatic rings. The summed E-state index contributed by atoms with van der Waals surface area (Å²) in [6, 6.07) is 0. The first-order valence-electron chi connectivity index (χ1n) is 8.02. The molecule has 0 aromatic heterocycles. The Labute approximate surface area is 120 Å². The van der Waals surface area contributed by atoms with Crippen LogP contribution < -0.4 is 0 Å². The highest BCUT2D eigenvalue weighted by Crippen LogP contribution is 2.13. The van der Waals surface area contributed by atoms with Gasteiger partial charge < -0.3 is 4.74 Å². The molecule has 0 saturated heterocycles. The van der Waals surface area contributed by atoms with Crippen LogP contribution in [0.2, 0.25) is 0 Å². The summed E-state index contributed by atoms with van der Waals surface area (Å²) in [7, 11) is 0. The summed E-state index contributed by atoms with van der Waals surface area (Å²) in [5.41, 5.74) is 0. The van der Waals surface area contributed by atoms with Crippen LogP contribution in [0.4, 0.5) is 0 Å². The standard InChI is InChI=1S/C16H33ClO/c1-3-5-6-7-8-9-10-11-12-13-14-16(15-17)18-4-2/h16H,3-15H2,1-2H3. The fourth-order valence-corrected chi connectivity index (χ4v) is 2.54. The second-order valence-corrected chi connectivity index (χ2v) is 5.51. The molecular weight excluding hydrogens is 244 g/mol. The van der Waals surface area contributed by atoms with Gasteiger partial charge in [0.1, 0.15) is 0 Å². The van der Waals surface area contributed by atoms with E-state index in [4.69, 9.17) is 16.3 Å². The van der Waals surface area contributed by atoms with Crippen molar-refractivity contribution >= 4 is 11.6 Å². The highest BCUT2D eigenvalue weighted by atomic mass is 35.5. The number of hydrogen-bond donors (Lipinski definition) is 0. The average Bonchev–Trinajstić information content (AvgIpc) is 2.39. The van der Waals surface area contributed by atoms with Crippen molar-refractivity contribution in [2.75, 3.05) is 12.5 Å². The fourth-order valence-electron chi connectivity index (χ4n) is 2.30. The van der Waals surface area contributed by atoms with Gasteiger partial charge >= 0.3 is 0 Å². The van der Waals surface area contributed by atoms with Gasteiger partial charge in [-0.3, -0.25) is 0 Å². The fraction of sp³-hybridized carbons (Fsp3) is 1.00. The normalized spacial score (nSPS) is 12.8. The zero-order valence-electron chi connectivity index (χ0n) is 12.6. The first-order chi connectivity index (χ1) is 8.85. The van der Waals surface area contributed by atoms with E-state index < -0.39 is 0 Å². The molecule has 2 heteroatoms. The summed E-state index contributed by atoms with van der Waals surface area (Å²) in [5.74, 6) is 0.644. The van der Waals surface area contributed by atoms with E-state index in [1.165, 1.54) is 64.2 Å². The van der Waals surface area contributed by atoms with Crippen molar-refractivity contribution in [2.24, 2.45) is 0 Å². The van der Waals surface area contributed by atoms with Crippen LogP contribution in [-0.2, 0) is 4.74 Å². The number of alkyl halides is 1. The Bertz CT molecular complexity index is 150. The monoisotopic (exact) mass is 276 g/mol. The summed E-state index contributed by atoms with van der Waals surface area (Å²) >= 11 is 5.84. The van der Waals surface area contributed by atoms with Gasteiger partial charge in [-0.2, -0.15) is 0 Å². The van der Waals surface area contributed by atoms with Crippen molar-refractivity contribution < 1.29 is 4.74 Å². The second-order valence-electron chi connectivity index (χ2n) is 5.20. The number of halogens is 1. The van der Waals surface area contributed by atoms with Crippen molar-refractivity contribution in [1.29, 1.82) is 0 Å². The lowest BCUT2D eigenvalue weighted by atomic mass is 10.0. The van der Waals surface area contributed by atoms with E-state index >= 15 is 0 Å². The minimum absolute atomic E-state index is 0.283. The SMILES string of the molecule is CCCCCCCCCCCCC(CCl)OCC. The molecule has 0 aromatic carbocycles. The molecule has 0 amide bonds. The van der Waals surface area contributed by atoms with Gasteiger partial charge in [-0.15, -0.1) is 11.6 Å². The first-order valence-corrected chi connectivity index (χ1v) is 8.56. The molecule has 0 saturated carbocycles. The van der Waals surface area contributed by atoms with E-state index in [0.29, 0.717) is 5.88 Å². The van der Waals surface area contributed by atoms with Gasteiger partial charge in [0.15, 0.2) is 0 Å². The highest BCUT2D eigenvalue weighted by Gasteiger charge is 2.05. The first kappa shape index (κ1) is 18.2. The van der Waals surface area contributed by atoms with E-state index in [1.807, 2.05) is 6.92 Å². The van der Waals surface area contributed by atoms with Crippen LogP contribution in [0.3, 0.4) is 0 Å². The molecule has 0 aliphatic rings. The van der Waals surface area contributed by atoms with Gasteiger partial charge in [0.2, 0.25) is 0 Å². The predicted octanol–water partition coefficient (Wildman–Crippen LogP) is 5.94. The summed E-state index contributed by atoms with van der Waals surface area (Å²) in [6.45, 7) is 5.10. The zero-order valence-corrected chi connectivity index (χ0v) is 13.3. The van der Waals surface area contributed by atoms with Crippen molar-refractivity contribution in [2.45, 2.75) is 90.6 Å². The Hall–Kier alpha value is 0.250. The van der Waals surface area contributed by atoms with Crippen LogP contribution in [-0.4, -0.2) is 18.6 Å². The molecule has 0 bridgehead atoms. The molecular formula is C16H33ClO. The van der Waals surface area contributed by atoms with Crippen LogP contribution in [0.5, 0.6) is 0 Å². The maximum atomic E-state index is 5.84. The lowest BCUT2D eigenvalue weighted by molar-refractivity contribution is 0.0707. The molecule has 110 valence electrons. The minimum Gasteiger partial charge on any atom is -0.377 e. The summed E-state index contributed by atoms with van der Waals surface area (Å²) in [5, 5.41) is 0. The molecule has 0 fully saturated rings. The molecule has 0 aliphatic carbocycles. The van der Waals surface area contributed by atoms with Crippen LogP contribution in [0.15, 0.2) is 0 Å². The van der Waals surface area contributed by atoms with Crippen molar-refractivity contribution in [3.8, 4) is 0 Å². The lowest BCUT2D eigenvalue weighted by Crippen LogP contribution is -2.14.